The molecule has 12 heteroatoms. The molecule has 0 atom stereocenters. The lowest BCUT2D eigenvalue weighted by Crippen LogP contribution is -2.35. The smallest absolute Gasteiger partial charge is 0.338 e. The fourth-order valence-electron chi connectivity index (χ4n) is 3.04. The van der Waals surface area contributed by atoms with Crippen molar-refractivity contribution < 1.29 is 32.5 Å². The number of para-hydroxylation sites is 1. The van der Waals surface area contributed by atoms with Gasteiger partial charge in [-0.05, 0) is 24.6 Å². The monoisotopic (exact) mass is 436 g/mol. The van der Waals surface area contributed by atoms with Gasteiger partial charge in [0.25, 0.3) is 17.5 Å². The Morgan fingerprint density at radius 1 is 1.06 bits per heavy atom. The van der Waals surface area contributed by atoms with E-state index in [-0.39, 0.29) is 36.3 Å². The number of fused-ring (bicyclic) bond motifs is 1. The number of hydrogen-bond acceptors (Lipinski definition) is 5. The molecule has 0 saturated heterocycles. The van der Waals surface area contributed by atoms with Gasteiger partial charge in [-0.3, -0.25) is 24.6 Å². The van der Waals surface area contributed by atoms with Crippen molar-refractivity contribution in [3.8, 4) is 0 Å². The molecule has 1 aliphatic rings. The number of amides is 4. The van der Waals surface area contributed by atoms with Crippen molar-refractivity contribution in [1.82, 2.24) is 10.2 Å². The molecule has 2 N–H and O–H groups in total. The first-order valence-electron chi connectivity index (χ1n) is 8.95. The van der Waals surface area contributed by atoms with Crippen LogP contribution >= 0.6 is 0 Å². The van der Waals surface area contributed by atoms with Gasteiger partial charge >= 0.3 is 12.2 Å². The van der Waals surface area contributed by atoms with Crippen molar-refractivity contribution in [2.75, 3.05) is 18.4 Å². The van der Waals surface area contributed by atoms with Gasteiger partial charge in [-0.1, -0.05) is 12.1 Å². The molecule has 3 rings (SSSR count). The lowest BCUT2D eigenvalue weighted by Gasteiger charge is -2.15. The maximum Gasteiger partial charge on any atom is 0.418 e. The number of alkyl halides is 3. The number of hydrogen-bond donors (Lipinski definition) is 2. The molecule has 1 aliphatic heterocycles. The number of benzene rings is 2. The third kappa shape index (κ3) is 4.63. The predicted octanol–water partition coefficient (Wildman–Crippen LogP) is 3.42. The second-order valence-electron chi connectivity index (χ2n) is 6.53. The number of nitro groups is 1. The van der Waals surface area contributed by atoms with Gasteiger partial charge in [-0.25, -0.2) is 4.79 Å². The summed E-state index contributed by atoms with van der Waals surface area (Å²) < 4.78 is 38.9. The van der Waals surface area contributed by atoms with Gasteiger partial charge in [0.05, 0.1) is 27.3 Å². The van der Waals surface area contributed by atoms with Gasteiger partial charge in [0.15, 0.2) is 0 Å². The third-order valence-electron chi connectivity index (χ3n) is 4.49. The molecule has 1 heterocycles. The van der Waals surface area contributed by atoms with Crippen LogP contribution in [0.5, 0.6) is 0 Å². The highest BCUT2D eigenvalue weighted by Crippen LogP contribution is 2.34. The first-order chi connectivity index (χ1) is 14.6. The summed E-state index contributed by atoms with van der Waals surface area (Å²) in [5.74, 6) is -1.30. The van der Waals surface area contributed by atoms with Gasteiger partial charge in [-0.2, -0.15) is 13.2 Å². The molecule has 2 aromatic carbocycles. The molecule has 0 spiro atoms. The van der Waals surface area contributed by atoms with E-state index in [1.54, 1.807) is 0 Å². The molecule has 0 aliphatic carbocycles. The van der Waals surface area contributed by atoms with Crippen LogP contribution in [0, 0.1) is 10.1 Å². The highest BCUT2D eigenvalue weighted by Gasteiger charge is 2.36. The van der Waals surface area contributed by atoms with E-state index in [9.17, 15) is 37.7 Å². The molecule has 0 saturated carbocycles. The molecule has 0 aromatic heterocycles. The van der Waals surface area contributed by atoms with E-state index in [0.717, 1.165) is 29.2 Å². The number of nitrogens with zero attached hydrogens (tertiary/aromatic N) is 2. The van der Waals surface area contributed by atoms with Crippen LogP contribution in [0.15, 0.2) is 42.5 Å². The normalized spacial score (nSPS) is 13.2. The van der Waals surface area contributed by atoms with E-state index in [4.69, 9.17) is 0 Å². The number of non-ortho nitro benzene ring substituents is 1. The van der Waals surface area contributed by atoms with Crippen molar-refractivity contribution in [3.63, 3.8) is 0 Å². The minimum atomic E-state index is -4.63. The van der Waals surface area contributed by atoms with E-state index in [0.29, 0.717) is 0 Å². The number of anilines is 1. The minimum absolute atomic E-state index is 0.0342. The number of carbonyl (C=O) groups excluding carboxylic acids is 3. The number of urea groups is 1. The third-order valence-corrected chi connectivity index (χ3v) is 4.49. The molecular weight excluding hydrogens is 421 g/mol. The number of carbonyl (C=O) groups is 3. The summed E-state index contributed by atoms with van der Waals surface area (Å²) in [7, 11) is 0. The van der Waals surface area contributed by atoms with E-state index >= 15 is 0 Å². The molecule has 162 valence electrons. The number of nitrogens with one attached hydrogen (secondary N) is 2. The molecule has 0 bridgehead atoms. The highest BCUT2D eigenvalue weighted by atomic mass is 19.4. The summed E-state index contributed by atoms with van der Waals surface area (Å²) in [6.45, 7) is -0.118. The van der Waals surface area contributed by atoms with E-state index in [1.165, 1.54) is 18.2 Å². The van der Waals surface area contributed by atoms with Crippen LogP contribution in [-0.2, 0) is 6.18 Å². The molecule has 31 heavy (non-hydrogen) atoms. The Morgan fingerprint density at radius 2 is 1.74 bits per heavy atom. The first kappa shape index (κ1) is 21.7. The van der Waals surface area contributed by atoms with Gasteiger partial charge < -0.3 is 10.6 Å². The number of imide groups is 1. The van der Waals surface area contributed by atoms with Crippen molar-refractivity contribution in [2.45, 2.75) is 12.6 Å². The Balaban J connectivity index is 1.54. The largest absolute Gasteiger partial charge is 0.418 e. The number of halogens is 3. The summed E-state index contributed by atoms with van der Waals surface area (Å²) in [4.78, 5) is 47.6. The number of nitro benzene ring substituents is 1. The molecular formula is C19H15F3N4O5. The lowest BCUT2D eigenvalue weighted by atomic mass is 10.1. The summed E-state index contributed by atoms with van der Waals surface area (Å²) in [6.07, 6.45) is -4.51. The molecule has 4 amide bonds. The maximum absolute atomic E-state index is 13.0. The Morgan fingerprint density at radius 3 is 2.42 bits per heavy atom. The van der Waals surface area contributed by atoms with E-state index < -0.39 is 40.2 Å². The summed E-state index contributed by atoms with van der Waals surface area (Å²) >= 11 is 0. The average molecular weight is 436 g/mol. The van der Waals surface area contributed by atoms with Gasteiger partial charge in [-0.15, -0.1) is 0 Å². The van der Waals surface area contributed by atoms with Crippen LogP contribution < -0.4 is 10.6 Å². The van der Waals surface area contributed by atoms with Crippen LogP contribution in [0.25, 0.3) is 0 Å². The standard InChI is InChI=1S/C19H15F3N4O5/c20-19(21,22)14-4-1-2-5-15(14)24-18(29)23-8-3-9-25-16(27)12-7-6-11(26(30)31)10-13(12)17(25)28/h1-2,4-7,10H,3,8-9H2,(H2,23,24,29). The Labute approximate surface area is 173 Å². The van der Waals surface area contributed by atoms with Crippen molar-refractivity contribution in [3.05, 3.63) is 69.3 Å². The van der Waals surface area contributed by atoms with Crippen LogP contribution in [-0.4, -0.2) is 40.8 Å². The van der Waals surface area contributed by atoms with Crippen LogP contribution in [0.3, 0.4) is 0 Å². The van der Waals surface area contributed by atoms with E-state index in [2.05, 4.69) is 10.6 Å². The van der Waals surface area contributed by atoms with Gasteiger partial charge in [0, 0.05) is 25.2 Å². The van der Waals surface area contributed by atoms with Gasteiger partial charge in [0.2, 0.25) is 0 Å². The zero-order valence-electron chi connectivity index (χ0n) is 15.7. The molecule has 0 fully saturated rings. The summed E-state index contributed by atoms with van der Waals surface area (Å²) in [5.41, 5.74) is -1.75. The Bertz CT molecular complexity index is 1070. The van der Waals surface area contributed by atoms with Crippen LogP contribution in [0.2, 0.25) is 0 Å². The summed E-state index contributed by atoms with van der Waals surface area (Å²) in [5, 5.41) is 15.3. The SMILES string of the molecule is O=C(NCCCN1C(=O)c2ccc([N+](=O)[O-])cc2C1=O)Nc1ccccc1C(F)(F)F. The quantitative estimate of drug-likeness (QED) is 0.311. The summed E-state index contributed by atoms with van der Waals surface area (Å²) in [6, 6.07) is 6.97. The molecule has 9 nitrogen and oxygen atoms in total. The second kappa shape index (κ2) is 8.42. The van der Waals surface area contributed by atoms with Crippen molar-refractivity contribution >= 4 is 29.2 Å². The zero-order valence-corrected chi connectivity index (χ0v) is 15.7. The molecule has 2 aromatic rings. The van der Waals surface area contributed by atoms with Gasteiger partial charge in [0.1, 0.15) is 0 Å². The first-order valence-corrected chi connectivity index (χ1v) is 8.95. The highest BCUT2D eigenvalue weighted by molar-refractivity contribution is 6.21. The minimum Gasteiger partial charge on any atom is -0.338 e. The van der Waals surface area contributed by atoms with Crippen LogP contribution in [0.4, 0.5) is 29.3 Å². The predicted molar refractivity (Wildman–Crippen MR) is 102 cm³/mol. The molecule has 0 unspecified atom stereocenters. The maximum atomic E-state index is 13.0. The fraction of sp³-hybridized carbons (Fsp3) is 0.211. The Hall–Kier alpha value is -3.96. The zero-order chi connectivity index (χ0) is 22.8. The molecule has 0 radical (unpaired) electrons. The Kier molecular flexibility index (Phi) is 5.90. The topological polar surface area (TPSA) is 122 Å². The van der Waals surface area contributed by atoms with Crippen LogP contribution in [0.1, 0.15) is 32.7 Å². The van der Waals surface area contributed by atoms with Crippen molar-refractivity contribution in [2.24, 2.45) is 0 Å². The lowest BCUT2D eigenvalue weighted by molar-refractivity contribution is -0.384. The number of rotatable bonds is 6. The fourth-order valence-corrected chi connectivity index (χ4v) is 3.04. The average Bonchev–Trinajstić information content (AvgIpc) is 2.95. The second-order valence-corrected chi connectivity index (χ2v) is 6.53. The van der Waals surface area contributed by atoms with E-state index in [1.807, 2.05) is 0 Å². The van der Waals surface area contributed by atoms with Crippen molar-refractivity contribution in [1.29, 1.82) is 0 Å².